The molecule has 0 amide bonds. The Bertz CT molecular complexity index is 634. The molecule has 0 aliphatic heterocycles. The Morgan fingerprint density at radius 2 is 1.27 bits per heavy atom. The zero-order valence-electron chi connectivity index (χ0n) is 10.7. The van der Waals surface area contributed by atoms with E-state index in [2.05, 4.69) is 9.47 Å². The Morgan fingerprint density at radius 1 is 0.682 bits per heavy atom. The normalized spacial score (nSPS) is 12.1. The first-order chi connectivity index (χ1) is 10.1. The van der Waals surface area contributed by atoms with Crippen LogP contribution in [-0.2, 0) is 0 Å². The molecule has 0 bridgehead atoms. The topological polar surface area (TPSA) is 18.5 Å². The van der Waals surface area contributed by atoms with Gasteiger partial charge in [-0.15, -0.1) is 26.3 Å². The molecule has 2 rings (SSSR count). The quantitative estimate of drug-likeness (QED) is 0.728. The highest BCUT2D eigenvalue weighted by molar-refractivity contribution is 5.71. The van der Waals surface area contributed by atoms with E-state index in [-0.39, 0.29) is 5.56 Å². The second kappa shape index (κ2) is 5.78. The Labute approximate surface area is 120 Å². The van der Waals surface area contributed by atoms with Gasteiger partial charge in [0, 0.05) is 11.6 Å². The third-order valence-electron chi connectivity index (χ3n) is 2.50. The standard InChI is InChI=1S/C14H8F6O2/c15-13(16,17)21-10-6-7-11(9-4-2-1-3-5-9)12(8-10)22-14(18,19)20/h1-8H. The third kappa shape index (κ3) is 4.57. The summed E-state index contributed by atoms with van der Waals surface area (Å²) in [6.45, 7) is 0. The third-order valence-corrected chi connectivity index (χ3v) is 2.50. The first-order valence-corrected chi connectivity index (χ1v) is 5.85. The van der Waals surface area contributed by atoms with Gasteiger partial charge in [0.25, 0.3) is 0 Å². The fraction of sp³-hybridized carbons (Fsp3) is 0.143. The van der Waals surface area contributed by atoms with Crippen LogP contribution in [0.25, 0.3) is 11.1 Å². The molecule has 0 unspecified atom stereocenters. The molecule has 22 heavy (non-hydrogen) atoms. The van der Waals surface area contributed by atoms with Gasteiger partial charge in [0.2, 0.25) is 0 Å². The maximum atomic E-state index is 12.4. The SMILES string of the molecule is FC(F)(F)Oc1ccc(-c2ccccc2)c(OC(F)(F)F)c1. The van der Waals surface area contributed by atoms with E-state index in [1.807, 2.05) is 0 Å². The molecule has 118 valence electrons. The van der Waals surface area contributed by atoms with Crippen LogP contribution in [0.2, 0.25) is 0 Å². The molecule has 2 aromatic rings. The van der Waals surface area contributed by atoms with Crippen molar-refractivity contribution < 1.29 is 35.8 Å². The first kappa shape index (κ1) is 16.0. The van der Waals surface area contributed by atoms with E-state index >= 15 is 0 Å². The fourth-order valence-electron chi connectivity index (χ4n) is 1.77. The van der Waals surface area contributed by atoms with Gasteiger partial charge < -0.3 is 9.47 Å². The molecule has 0 aromatic heterocycles. The van der Waals surface area contributed by atoms with Gasteiger partial charge in [-0.25, -0.2) is 0 Å². The summed E-state index contributed by atoms with van der Waals surface area (Å²) >= 11 is 0. The van der Waals surface area contributed by atoms with Gasteiger partial charge in [-0.2, -0.15) is 0 Å². The van der Waals surface area contributed by atoms with Gasteiger partial charge in [0.1, 0.15) is 11.5 Å². The predicted octanol–water partition coefficient (Wildman–Crippen LogP) is 5.15. The second-order valence-corrected chi connectivity index (χ2v) is 4.12. The average molecular weight is 322 g/mol. The molecule has 0 fully saturated rings. The lowest BCUT2D eigenvalue weighted by Crippen LogP contribution is -2.19. The molecule has 0 N–H and O–H groups in total. The Balaban J connectivity index is 2.45. The summed E-state index contributed by atoms with van der Waals surface area (Å²) in [6.07, 6.45) is -10.1. The number of rotatable bonds is 3. The van der Waals surface area contributed by atoms with Gasteiger partial charge in [-0.05, 0) is 17.7 Å². The van der Waals surface area contributed by atoms with E-state index in [0.717, 1.165) is 12.1 Å². The van der Waals surface area contributed by atoms with Crippen molar-refractivity contribution in [2.45, 2.75) is 12.7 Å². The highest BCUT2D eigenvalue weighted by Gasteiger charge is 2.34. The van der Waals surface area contributed by atoms with E-state index in [9.17, 15) is 26.3 Å². The Kier molecular flexibility index (Phi) is 4.20. The summed E-state index contributed by atoms with van der Waals surface area (Å²) in [5.74, 6) is -1.58. The van der Waals surface area contributed by atoms with Crippen molar-refractivity contribution in [2.75, 3.05) is 0 Å². The van der Waals surface area contributed by atoms with Crippen molar-refractivity contribution in [1.29, 1.82) is 0 Å². The minimum atomic E-state index is -5.04. The van der Waals surface area contributed by atoms with Crippen molar-refractivity contribution in [3.8, 4) is 22.6 Å². The number of benzene rings is 2. The largest absolute Gasteiger partial charge is 0.573 e. The number of halogens is 6. The molecule has 0 saturated carbocycles. The molecule has 0 heterocycles. The van der Waals surface area contributed by atoms with E-state index in [1.54, 1.807) is 18.2 Å². The molecule has 2 aromatic carbocycles. The summed E-state index contributed by atoms with van der Waals surface area (Å²) in [7, 11) is 0. The fourth-order valence-corrected chi connectivity index (χ4v) is 1.77. The van der Waals surface area contributed by atoms with Gasteiger partial charge in [0.05, 0.1) is 0 Å². The maximum absolute atomic E-state index is 12.4. The van der Waals surface area contributed by atoms with E-state index in [1.165, 1.54) is 12.1 Å². The summed E-state index contributed by atoms with van der Waals surface area (Å²) in [6, 6.07) is 10.3. The van der Waals surface area contributed by atoms with Gasteiger partial charge in [0.15, 0.2) is 0 Å². The van der Waals surface area contributed by atoms with Gasteiger partial charge in [-0.1, -0.05) is 30.3 Å². The van der Waals surface area contributed by atoms with Crippen LogP contribution in [0.1, 0.15) is 0 Å². The van der Waals surface area contributed by atoms with Crippen LogP contribution in [0.5, 0.6) is 11.5 Å². The molecule has 0 radical (unpaired) electrons. The minimum absolute atomic E-state index is 0.00699. The van der Waals surface area contributed by atoms with Gasteiger partial charge >= 0.3 is 12.7 Å². The molecule has 8 heteroatoms. The average Bonchev–Trinajstić information content (AvgIpc) is 2.36. The van der Waals surface area contributed by atoms with Crippen molar-refractivity contribution in [3.05, 3.63) is 48.5 Å². The summed E-state index contributed by atoms with van der Waals surface area (Å²) in [4.78, 5) is 0. The van der Waals surface area contributed by atoms with Crippen LogP contribution in [-0.4, -0.2) is 12.7 Å². The van der Waals surface area contributed by atoms with Crippen molar-refractivity contribution in [2.24, 2.45) is 0 Å². The predicted molar refractivity (Wildman–Crippen MR) is 65.2 cm³/mol. The monoisotopic (exact) mass is 322 g/mol. The smallest absolute Gasteiger partial charge is 0.406 e. The number of hydrogen-bond acceptors (Lipinski definition) is 2. The highest BCUT2D eigenvalue weighted by atomic mass is 19.4. The molecule has 0 saturated heterocycles. The molecular formula is C14H8F6O2. The van der Waals surface area contributed by atoms with E-state index in [4.69, 9.17) is 0 Å². The minimum Gasteiger partial charge on any atom is -0.406 e. The Morgan fingerprint density at radius 3 is 1.82 bits per heavy atom. The molecule has 0 aliphatic carbocycles. The Hall–Kier alpha value is -2.38. The molecular weight excluding hydrogens is 314 g/mol. The molecule has 0 atom stereocenters. The summed E-state index contributed by atoms with van der Waals surface area (Å²) in [5.41, 5.74) is 0.354. The van der Waals surface area contributed by atoms with E-state index < -0.39 is 24.2 Å². The lowest BCUT2D eigenvalue weighted by molar-refractivity contribution is -0.276. The van der Waals surface area contributed by atoms with Crippen LogP contribution >= 0.6 is 0 Å². The summed E-state index contributed by atoms with van der Waals surface area (Å²) in [5, 5.41) is 0. The summed E-state index contributed by atoms with van der Waals surface area (Å²) < 4.78 is 81.1. The van der Waals surface area contributed by atoms with Crippen molar-refractivity contribution >= 4 is 0 Å². The van der Waals surface area contributed by atoms with Crippen molar-refractivity contribution in [1.82, 2.24) is 0 Å². The van der Waals surface area contributed by atoms with E-state index in [0.29, 0.717) is 11.6 Å². The van der Waals surface area contributed by atoms with Gasteiger partial charge in [-0.3, -0.25) is 0 Å². The second-order valence-electron chi connectivity index (χ2n) is 4.12. The van der Waals surface area contributed by atoms with Crippen LogP contribution in [0.15, 0.2) is 48.5 Å². The maximum Gasteiger partial charge on any atom is 0.573 e. The van der Waals surface area contributed by atoms with Crippen LogP contribution in [0.3, 0.4) is 0 Å². The zero-order valence-corrected chi connectivity index (χ0v) is 10.7. The zero-order chi connectivity index (χ0) is 16.4. The lowest BCUT2D eigenvalue weighted by Gasteiger charge is -2.16. The number of ether oxygens (including phenoxy) is 2. The number of alkyl halides is 6. The highest BCUT2D eigenvalue weighted by Crippen LogP contribution is 2.37. The van der Waals surface area contributed by atoms with Crippen LogP contribution in [0, 0.1) is 0 Å². The molecule has 2 nitrogen and oxygen atoms in total. The number of hydrogen-bond donors (Lipinski definition) is 0. The van der Waals surface area contributed by atoms with Crippen molar-refractivity contribution in [3.63, 3.8) is 0 Å². The molecule has 0 aliphatic rings. The van der Waals surface area contributed by atoms with Crippen LogP contribution < -0.4 is 9.47 Å². The lowest BCUT2D eigenvalue weighted by atomic mass is 10.0. The van der Waals surface area contributed by atoms with Crippen LogP contribution in [0.4, 0.5) is 26.3 Å². The molecule has 0 spiro atoms. The first-order valence-electron chi connectivity index (χ1n) is 5.85.